The summed E-state index contributed by atoms with van der Waals surface area (Å²) in [6.07, 6.45) is 7.70. The Labute approximate surface area is 81.8 Å². The van der Waals surface area contributed by atoms with Crippen molar-refractivity contribution in [2.75, 3.05) is 5.75 Å². The van der Waals surface area contributed by atoms with E-state index in [2.05, 4.69) is 4.98 Å². The number of nitrogens with one attached hydrogen (secondary N) is 1. The number of hydrogen-bond donors (Lipinski definition) is 1. The molecule has 0 aliphatic rings. The van der Waals surface area contributed by atoms with E-state index in [1.807, 2.05) is 18.3 Å². The predicted octanol–water partition coefficient (Wildman–Crippen LogP) is 1.99. The molecule has 0 aromatic carbocycles. The average molecular weight is 220 g/mol. The van der Waals surface area contributed by atoms with E-state index in [0.29, 0.717) is 6.42 Å². The third-order valence-corrected chi connectivity index (χ3v) is 2.65. The van der Waals surface area contributed by atoms with Crippen LogP contribution in [0.5, 0.6) is 0 Å². The molecule has 0 fully saturated rings. The summed E-state index contributed by atoms with van der Waals surface area (Å²) < 4.78 is 21.0. The Hall–Kier alpha value is -0.740. The van der Waals surface area contributed by atoms with E-state index in [0.717, 1.165) is 5.56 Å². The summed E-state index contributed by atoms with van der Waals surface area (Å²) >= 11 is 0. The molecular weight excluding hydrogens is 210 g/mol. The molecule has 0 unspecified atom stereocenters. The molecule has 1 aromatic heterocycles. The summed E-state index contributed by atoms with van der Waals surface area (Å²) in [5, 5.41) is 0. The highest BCUT2D eigenvalue weighted by Crippen LogP contribution is 2.03. The lowest BCUT2D eigenvalue weighted by atomic mass is 10.3. The van der Waals surface area contributed by atoms with Gasteiger partial charge in [-0.15, -0.1) is 0 Å². The summed E-state index contributed by atoms with van der Waals surface area (Å²) in [7, 11) is 1.67. The first-order valence-electron chi connectivity index (χ1n) is 3.79. The highest BCUT2D eigenvalue weighted by atomic mass is 35.7. The van der Waals surface area contributed by atoms with Gasteiger partial charge in [-0.25, -0.2) is 8.42 Å². The van der Waals surface area contributed by atoms with Gasteiger partial charge in [-0.05, 0) is 18.1 Å². The van der Waals surface area contributed by atoms with Crippen molar-refractivity contribution in [3.63, 3.8) is 0 Å². The first kappa shape index (κ1) is 10.3. The normalized spacial score (nSPS) is 12.4. The highest BCUT2D eigenvalue weighted by molar-refractivity contribution is 8.13. The van der Waals surface area contributed by atoms with Crippen LogP contribution in [0.1, 0.15) is 12.0 Å². The topological polar surface area (TPSA) is 49.9 Å². The molecule has 0 radical (unpaired) electrons. The standard InChI is InChI=1S/C8H10ClNO2S/c9-13(11,12)6-2-1-3-8-4-5-10-7-8/h1,3-5,7,10H,2,6H2/b3-1+. The highest BCUT2D eigenvalue weighted by Gasteiger charge is 2.01. The zero-order valence-electron chi connectivity index (χ0n) is 6.90. The van der Waals surface area contributed by atoms with Gasteiger partial charge in [0.1, 0.15) is 0 Å². The fourth-order valence-electron chi connectivity index (χ4n) is 0.869. The van der Waals surface area contributed by atoms with Crippen LogP contribution in [-0.2, 0) is 9.05 Å². The predicted molar refractivity (Wildman–Crippen MR) is 54.1 cm³/mol. The second-order valence-electron chi connectivity index (χ2n) is 2.58. The van der Waals surface area contributed by atoms with E-state index in [4.69, 9.17) is 10.7 Å². The van der Waals surface area contributed by atoms with E-state index >= 15 is 0 Å². The Bertz CT molecular complexity index is 367. The number of hydrogen-bond acceptors (Lipinski definition) is 2. The minimum atomic E-state index is -3.35. The van der Waals surface area contributed by atoms with Crippen molar-refractivity contribution in [2.45, 2.75) is 6.42 Å². The number of aromatic nitrogens is 1. The summed E-state index contributed by atoms with van der Waals surface area (Å²) in [4.78, 5) is 2.89. The summed E-state index contributed by atoms with van der Waals surface area (Å²) in [5.41, 5.74) is 1.02. The number of halogens is 1. The molecule has 1 N–H and O–H groups in total. The maximum Gasteiger partial charge on any atom is 0.232 e. The zero-order chi connectivity index (χ0) is 9.73. The molecule has 13 heavy (non-hydrogen) atoms. The van der Waals surface area contributed by atoms with E-state index in [1.54, 1.807) is 12.3 Å². The third kappa shape index (κ3) is 4.75. The number of aromatic amines is 1. The van der Waals surface area contributed by atoms with Crippen LogP contribution in [0.2, 0.25) is 0 Å². The molecule has 5 heteroatoms. The molecule has 0 atom stereocenters. The monoisotopic (exact) mass is 219 g/mol. The fraction of sp³-hybridized carbons (Fsp3) is 0.250. The molecule has 0 bridgehead atoms. The zero-order valence-corrected chi connectivity index (χ0v) is 8.48. The molecule has 0 aliphatic heterocycles. The van der Waals surface area contributed by atoms with Gasteiger partial charge in [-0.3, -0.25) is 0 Å². The first-order chi connectivity index (χ1) is 6.08. The van der Waals surface area contributed by atoms with Gasteiger partial charge < -0.3 is 4.98 Å². The van der Waals surface area contributed by atoms with Crippen LogP contribution < -0.4 is 0 Å². The molecule has 1 rings (SSSR count). The maximum absolute atomic E-state index is 10.5. The second kappa shape index (κ2) is 4.48. The Kier molecular flexibility index (Phi) is 3.57. The van der Waals surface area contributed by atoms with Crippen molar-refractivity contribution in [1.29, 1.82) is 0 Å². The van der Waals surface area contributed by atoms with E-state index < -0.39 is 9.05 Å². The Morgan fingerprint density at radius 2 is 2.31 bits per heavy atom. The SMILES string of the molecule is O=S(=O)(Cl)CC/C=C/c1cc[nH]c1. The van der Waals surface area contributed by atoms with E-state index in [-0.39, 0.29) is 5.75 Å². The van der Waals surface area contributed by atoms with Gasteiger partial charge in [0, 0.05) is 23.1 Å². The largest absolute Gasteiger partial charge is 0.367 e. The van der Waals surface area contributed by atoms with Crippen molar-refractivity contribution in [2.24, 2.45) is 0 Å². The van der Waals surface area contributed by atoms with Crippen molar-refractivity contribution in [3.8, 4) is 0 Å². The van der Waals surface area contributed by atoms with Crippen molar-refractivity contribution in [1.82, 2.24) is 4.98 Å². The lowest BCUT2D eigenvalue weighted by Crippen LogP contribution is -1.94. The van der Waals surface area contributed by atoms with Gasteiger partial charge in [0.25, 0.3) is 0 Å². The smallest absolute Gasteiger partial charge is 0.232 e. The molecule has 1 heterocycles. The molecule has 0 aliphatic carbocycles. The van der Waals surface area contributed by atoms with Gasteiger partial charge >= 0.3 is 0 Å². The number of H-pyrrole nitrogens is 1. The Morgan fingerprint density at radius 1 is 1.54 bits per heavy atom. The van der Waals surface area contributed by atoms with Crippen LogP contribution in [0.4, 0.5) is 0 Å². The van der Waals surface area contributed by atoms with E-state index in [1.165, 1.54) is 0 Å². The minimum Gasteiger partial charge on any atom is -0.367 e. The number of rotatable bonds is 4. The van der Waals surface area contributed by atoms with Gasteiger partial charge in [-0.1, -0.05) is 12.2 Å². The molecular formula is C8H10ClNO2S. The van der Waals surface area contributed by atoms with Crippen LogP contribution >= 0.6 is 10.7 Å². The van der Waals surface area contributed by atoms with E-state index in [9.17, 15) is 8.42 Å². The molecule has 3 nitrogen and oxygen atoms in total. The molecule has 0 saturated carbocycles. The van der Waals surface area contributed by atoms with Crippen LogP contribution in [0.15, 0.2) is 24.5 Å². The Morgan fingerprint density at radius 3 is 2.85 bits per heavy atom. The fourth-order valence-corrected chi connectivity index (χ4v) is 1.55. The minimum absolute atomic E-state index is 0.0184. The summed E-state index contributed by atoms with van der Waals surface area (Å²) in [5.74, 6) is -0.0184. The second-order valence-corrected chi connectivity index (χ2v) is 5.47. The van der Waals surface area contributed by atoms with Crippen molar-refractivity contribution in [3.05, 3.63) is 30.1 Å². The van der Waals surface area contributed by atoms with Crippen LogP contribution in [0.3, 0.4) is 0 Å². The lowest BCUT2D eigenvalue weighted by molar-refractivity contribution is 0.609. The maximum atomic E-state index is 10.5. The molecule has 0 spiro atoms. The molecule has 0 saturated heterocycles. The summed E-state index contributed by atoms with van der Waals surface area (Å²) in [6, 6.07) is 1.89. The number of allylic oxidation sites excluding steroid dienone is 1. The first-order valence-corrected chi connectivity index (χ1v) is 6.27. The van der Waals surface area contributed by atoms with Gasteiger partial charge in [-0.2, -0.15) is 0 Å². The average Bonchev–Trinajstić information content (AvgIpc) is 2.48. The van der Waals surface area contributed by atoms with Gasteiger partial charge in [0.15, 0.2) is 0 Å². The lowest BCUT2D eigenvalue weighted by Gasteiger charge is -1.88. The van der Waals surface area contributed by atoms with Crippen LogP contribution in [-0.4, -0.2) is 19.2 Å². The van der Waals surface area contributed by atoms with Crippen LogP contribution in [0.25, 0.3) is 6.08 Å². The van der Waals surface area contributed by atoms with Gasteiger partial charge in [0.2, 0.25) is 9.05 Å². The molecule has 72 valence electrons. The molecule has 0 amide bonds. The third-order valence-electron chi connectivity index (χ3n) is 1.46. The molecule has 1 aromatic rings. The quantitative estimate of drug-likeness (QED) is 0.788. The van der Waals surface area contributed by atoms with Crippen LogP contribution in [0, 0.1) is 0 Å². The summed E-state index contributed by atoms with van der Waals surface area (Å²) in [6.45, 7) is 0. The Balaban J connectivity index is 2.36. The van der Waals surface area contributed by atoms with Gasteiger partial charge in [0.05, 0.1) is 5.75 Å². The van der Waals surface area contributed by atoms with Crippen molar-refractivity contribution >= 4 is 25.8 Å². The van der Waals surface area contributed by atoms with Crippen molar-refractivity contribution < 1.29 is 8.42 Å².